The van der Waals surface area contributed by atoms with Crippen molar-refractivity contribution in [3.63, 3.8) is 0 Å². The molecule has 0 aliphatic rings. The van der Waals surface area contributed by atoms with E-state index in [1.807, 2.05) is 22.7 Å². The number of aromatic nitrogens is 2. The van der Waals surface area contributed by atoms with Crippen molar-refractivity contribution in [2.45, 2.75) is 0 Å². The zero-order valence-electron chi connectivity index (χ0n) is 16.4. The summed E-state index contributed by atoms with van der Waals surface area (Å²) >= 11 is 3.66. The van der Waals surface area contributed by atoms with Gasteiger partial charge in [-0.2, -0.15) is 0 Å². The van der Waals surface area contributed by atoms with Crippen LogP contribution in [-0.4, -0.2) is 9.55 Å². The Morgan fingerprint density at radius 3 is 2.35 bits per heavy atom. The smallest absolute Gasteiger partial charge is 0.155 e. The van der Waals surface area contributed by atoms with E-state index in [-0.39, 0.29) is 0 Å². The van der Waals surface area contributed by atoms with Gasteiger partial charge in [-0.25, -0.2) is 4.98 Å². The van der Waals surface area contributed by atoms with Gasteiger partial charge in [-0.05, 0) is 52.6 Å². The molecule has 3 aromatic heterocycles. The number of benzene rings is 4. The molecule has 146 valence electrons. The van der Waals surface area contributed by atoms with Gasteiger partial charge in [0.2, 0.25) is 0 Å². The summed E-state index contributed by atoms with van der Waals surface area (Å²) in [5.74, 6) is 0.999. The molecule has 3 heterocycles. The highest BCUT2D eigenvalue weighted by Gasteiger charge is 2.17. The number of hydrogen-bond acceptors (Lipinski definition) is 3. The van der Waals surface area contributed by atoms with Gasteiger partial charge in [0.15, 0.2) is 5.82 Å². The molecule has 0 unspecified atom stereocenters. The average Bonchev–Trinajstić information content (AvgIpc) is 3.55. The molecule has 0 fully saturated rings. The summed E-state index contributed by atoms with van der Waals surface area (Å²) in [6, 6.07) is 32.4. The number of thiophene rings is 2. The van der Waals surface area contributed by atoms with Crippen LogP contribution in [0.4, 0.5) is 0 Å². The number of fused-ring (bicyclic) bond motifs is 6. The Morgan fingerprint density at radius 2 is 1.45 bits per heavy atom. The van der Waals surface area contributed by atoms with E-state index in [9.17, 15) is 0 Å². The maximum Gasteiger partial charge on any atom is 0.155 e. The van der Waals surface area contributed by atoms with E-state index in [1.165, 1.54) is 35.8 Å². The molecule has 0 spiro atoms. The molecule has 7 aromatic rings. The molecule has 7 rings (SSSR count). The topological polar surface area (TPSA) is 17.8 Å². The van der Waals surface area contributed by atoms with Crippen molar-refractivity contribution < 1.29 is 0 Å². The van der Waals surface area contributed by atoms with Crippen LogP contribution in [0, 0.1) is 0 Å². The Balaban J connectivity index is 1.54. The monoisotopic (exact) mass is 432 g/mol. The number of para-hydroxylation sites is 3. The summed E-state index contributed by atoms with van der Waals surface area (Å²) in [7, 11) is 0. The number of hydrogen-bond donors (Lipinski definition) is 0. The normalized spacial score (nSPS) is 11.9. The van der Waals surface area contributed by atoms with E-state index >= 15 is 0 Å². The minimum absolute atomic E-state index is 0.999. The van der Waals surface area contributed by atoms with E-state index in [0.717, 1.165) is 22.5 Å². The fourth-order valence-electron chi connectivity index (χ4n) is 4.47. The minimum Gasteiger partial charge on any atom is -0.292 e. The van der Waals surface area contributed by atoms with Gasteiger partial charge < -0.3 is 0 Å². The molecular weight excluding hydrogens is 416 g/mol. The van der Waals surface area contributed by atoms with E-state index < -0.39 is 0 Å². The fraction of sp³-hybridized carbons (Fsp3) is 0. The molecule has 0 N–H and O–H groups in total. The van der Waals surface area contributed by atoms with Gasteiger partial charge in [-0.15, -0.1) is 22.7 Å². The number of imidazole rings is 1. The van der Waals surface area contributed by atoms with Crippen LogP contribution in [0.5, 0.6) is 0 Å². The lowest BCUT2D eigenvalue weighted by Gasteiger charge is -2.07. The first-order valence-corrected chi connectivity index (χ1v) is 11.9. The van der Waals surface area contributed by atoms with Crippen LogP contribution >= 0.6 is 22.7 Å². The van der Waals surface area contributed by atoms with Crippen molar-refractivity contribution in [2.24, 2.45) is 0 Å². The maximum atomic E-state index is 5.05. The van der Waals surface area contributed by atoms with Gasteiger partial charge >= 0.3 is 0 Å². The second-order valence-electron chi connectivity index (χ2n) is 7.69. The van der Waals surface area contributed by atoms with Crippen molar-refractivity contribution in [3.8, 4) is 16.4 Å². The van der Waals surface area contributed by atoms with Gasteiger partial charge in [-0.3, -0.25) is 4.57 Å². The third kappa shape index (κ3) is 2.52. The highest BCUT2D eigenvalue weighted by molar-refractivity contribution is 7.23. The molecule has 0 atom stereocenters. The molecule has 2 nitrogen and oxygen atoms in total. The second-order valence-corrected chi connectivity index (χ2v) is 9.66. The summed E-state index contributed by atoms with van der Waals surface area (Å²) in [6.45, 7) is 0. The Bertz CT molecular complexity index is 1740. The van der Waals surface area contributed by atoms with Gasteiger partial charge in [0.1, 0.15) is 0 Å². The van der Waals surface area contributed by atoms with Crippen molar-refractivity contribution in [1.82, 2.24) is 9.55 Å². The molecule has 4 aromatic carbocycles. The van der Waals surface area contributed by atoms with Gasteiger partial charge in [0, 0.05) is 25.9 Å². The van der Waals surface area contributed by atoms with Crippen molar-refractivity contribution in [1.29, 1.82) is 0 Å². The zero-order valence-corrected chi connectivity index (χ0v) is 18.1. The molecular formula is C27H16N2S2. The summed E-state index contributed by atoms with van der Waals surface area (Å²) in [4.78, 5) is 6.24. The van der Waals surface area contributed by atoms with Gasteiger partial charge in [0.05, 0.1) is 15.9 Å². The number of nitrogens with zero attached hydrogens (tertiary/aromatic N) is 2. The fourth-order valence-corrected chi connectivity index (χ4v) is 6.57. The Hall–Kier alpha value is -3.47. The van der Waals surface area contributed by atoms with Gasteiger partial charge in [-0.1, -0.05) is 54.6 Å². The molecule has 0 amide bonds. The number of rotatable bonds is 2. The molecule has 0 radical (unpaired) electrons. The van der Waals surface area contributed by atoms with Crippen molar-refractivity contribution in [2.75, 3.05) is 0 Å². The van der Waals surface area contributed by atoms with Crippen molar-refractivity contribution in [3.05, 3.63) is 96.4 Å². The molecule has 31 heavy (non-hydrogen) atoms. The second kappa shape index (κ2) is 6.51. The molecule has 0 saturated heterocycles. The third-order valence-corrected chi connectivity index (χ3v) is 8.03. The Labute approximate surface area is 186 Å². The zero-order chi connectivity index (χ0) is 20.4. The molecule has 4 heteroatoms. The quantitative estimate of drug-likeness (QED) is 0.269. The van der Waals surface area contributed by atoms with E-state index in [0.29, 0.717) is 0 Å². The summed E-state index contributed by atoms with van der Waals surface area (Å²) in [5.41, 5.74) is 3.28. The van der Waals surface area contributed by atoms with Crippen LogP contribution in [0.15, 0.2) is 96.4 Å². The van der Waals surface area contributed by atoms with Crippen LogP contribution in [0.2, 0.25) is 0 Å². The van der Waals surface area contributed by atoms with E-state index in [1.54, 1.807) is 0 Å². The highest BCUT2D eigenvalue weighted by atomic mass is 32.1. The Morgan fingerprint density at radius 1 is 0.677 bits per heavy atom. The van der Waals surface area contributed by atoms with E-state index in [4.69, 9.17) is 4.98 Å². The van der Waals surface area contributed by atoms with E-state index in [2.05, 4.69) is 101 Å². The SMILES string of the molecule is c1ccc(-n2c(-c3cc4ccc5c(ccc6ccsc65)c4s3)nc3ccccc32)cc1. The van der Waals surface area contributed by atoms with Crippen LogP contribution in [-0.2, 0) is 0 Å². The molecule has 0 saturated carbocycles. The maximum absolute atomic E-state index is 5.05. The lowest BCUT2D eigenvalue weighted by Crippen LogP contribution is -1.95. The summed E-state index contributed by atoms with van der Waals surface area (Å²) < 4.78 is 4.97. The standard InChI is InChI=1S/C27H16N2S2/c1-2-6-19(7-3-1)29-23-9-5-4-8-22(23)28-27(29)24-16-18-11-13-20-21(26(18)31-24)12-10-17-14-15-30-25(17)20/h1-16H. The van der Waals surface area contributed by atoms with Crippen LogP contribution in [0.1, 0.15) is 0 Å². The Kier molecular flexibility index (Phi) is 3.62. The van der Waals surface area contributed by atoms with Crippen molar-refractivity contribution >= 4 is 64.7 Å². The first kappa shape index (κ1) is 17.2. The average molecular weight is 433 g/mol. The van der Waals surface area contributed by atoms with Crippen LogP contribution in [0.25, 0.3) is 58.4 Å². The molecule has 0 aliphatic carbocycles. The molecule has 0 bridgehead atoms. The third-order valence-electron chi connectivity index (χ3n) is 5.89. The highest BCUT2D eigenvalue weighted by Crippen LogP contribution is 2.41. The van der Waals surface area contributed by atoms with Crippen LogP contribution < -0.4 is 0 Å². The minimum atomic E-state index is 0.999. The lowest BCUT2D eigenvalue weighted by atomic mass is 10.1. The van der Waals surface area contributed by atoms with Gasteiger partial charge in [0.25, 0.3) is 0 Å². The summed E-state index contributed by atoms with van der Waals surface area (Å²) in [5, 5.41) is 7.43. The summed E-state index contributed by atoms with van der Waals surface area (Å²) in [6.07, 6.45) is 0. The predicted molar refractivity (Wildman–Crippen MR) is 135 cm³/mol. The van der Waals surface area contributed by atoms with Crippen LogP contribution in [0.3, 0.4) is 0 Å². The first-order chi connectivity index (χ1) is 15.4. The first-order valence-electron chi connectivity index (χ1n) is 10.2. The molecule has 0 aliphatic heterocycles. The predicted octanol–water partition coefficient (Wildman–Crippen LogP) is 8.28. The lowest BCUT2D eigenvalue weighted by molar-refractivity contribution is 1.11. The largest absolute Gasteiger partial charge is 0.292 e.